The van der Waals surface area contributed by atoms with Crippen LogP contribution in [-0.4, -0.2) is 10.2 Å². The SMILES string of the molecule is CC1(C)CC1C(=O)c1ccsn1. The molecule has 1 fully saturated rings. The fraction of sp³-hybridized carbons (Fsp3) is 0.556. The number of nitrogens with zero attached hydrogens (tertiary/aromatic N) is 1. The summed E-state index contributed by atoms with van der Waals surface area (Å²) in [7, 11) is 0. The first-order chi connectivity index (χ1) is 5.61. The minimum absolute atomic E-state index is 0.222. The highest BCUT2D eigenvalue weighted by molar-refractivity contribution is 7.03. The first kappa shape index (κ1) is 7.92. The first-order valence-electron chi connectivity index (χ1n) is 4.06. The Kier molecular flexibility index (Phi) is 1.58. The van der Waals surface area contributed by atoms with Gasteiger partial charge in [-0.25, -0.2) is 0 Å². The van der Waals surface area contributed by atoms with Crippen molar-refractivity contribution in [1.29, 1.82) is 0 Å². The highest BCUT2D eigenvalue weighted by Crippen LogP contribution is 2.52. The molecule has 1 aromatic heterocycles. The number of rotatable bonds is 2. The molecular weight excluding hydrogens is 170 g/mol. The number of hydrogen-bond acceptors (Lipinski definition) is 3. The summed E-state index contributed by atoms with van der Waals surface area (Å²) < 4.78 is 4.04. The molecular formula is C9H11NOS. The van der Waals surface area contributed by atoms with Crippen LogP contribution in [0.2, 0.25) is 0 Å². The Labute approximate surface area is 75.8 Å². The van der Waals surface area contributed by atoms with E-state index in [4.69, 9.17) is 0 Å². The van der Waals surface area contributed by atoms with Crippen molar-refractivity contribution in [2.45, 2.75) is 20.3 Å². The molecule has 1 aromatic rings. The van der Waals surface area contributed by atoms with E-state index in [1.807, 2.05) is 5.38 Å². The van der Waals surface area contributed by atoms with Gasteiger partial charge in [-0.3, -0.25) is 4.79 Å². The Morgan fingerprint density at radius 3 is 2.83 bits per heavy atom. The van der Waals surface area contributed by atoms with Crippen molar-refractivity contribution in [2.75, 3.05) is 0 Å². The van der Waals surface area contributed by atoms with Gasteiger partial charge in [0.15, 0.2) is 5.78 Å². The van der Waals surface area contributed by atoms with Gasteiger partial charge in [0.1, 0.15) is 5.69 Å². The minimum Gasteiger partial charge on any atom is -0.292 e. The molecule has 1 aliphatic carbocycles. The molecule has 2 rings (SSSR count). The smallest absolute Gasteiger partial charge is 0.185 e. The van der Waals surface area contributed by atoms with Crippen molar-refractivity contribution in [3.05, 3.63) is 17.1 Å². The largest absolute Gasteiger partial charge is 0.292 e. The molecule has 0 bridgehead atoms. The van der Waals surface area contributed by atoms with Gasteiger partial charge in [0.05, 0.1) is 0 Å². The summed E-state index contributed by atoms with van der Waals surface area (Å²) in [6, 6.07) is 1.81. The molecule has 0 N–H and O–H groups in total. The lowest BCUT2D eigenvalue weighted by Gasteiger charge is -1.98. The van der Waals surface area contributed by atoms with E-state index in [0.29, 0.717) is 5.69 Å². The van der Waals surface area contributed by atoms with E-state index in [1.54, 1.807) is 6.07 Å². The third-order valence-corrected chi connectivity index (χ3v) is 3.08. The molecule has 64 valence electrons. The lowest BCUT2D eigenvalue weighted by Crippen LogP contribution is -2.06. The summed E-state index contributed by atoms with van der Waals surface area (Å²) in [5, 5.41) is 1.85. The molecule has 1 unspecified atom stereocenters. The van der Waals surface area contributed by atoms with Crippen LogP contribution in [0.1, 0.15) is 30.8 Å². The molecule has 0 amide bonds. The van der Waals surface area contributed by atoms with Gasteiger partial charge in [-0.05, 0) is 29.4 Å². The summed E-state index contributed by atoms with van der Waals surface area (Å²) in [5.41, 5.74) is 0.872. The van der Waals surface area contributed by atoms with Crippen molar-refractivity contribution in [2.24, 2.45) is 11.3 Å². The van der Waals surface area contributed by atoms with Crippen LogP contribution in [0.3, 0.4) is 0 Å². The summed E-state index contributed by atoms with van der Waals surface area (Å²) >= 11 is 1.34. The lowest BCUT2D eigenvalue weighted by molar-refractivity contribution is 0.0949. The van der Waals surface area contributed by atoms with Crippen LogP contribution in [0.25, 0.3) is 0 Å². The number of carbonyl (C=O) groups excluding carboxylic acids is 1. The molecule has 1 saturated carbocycles. The van der Waals surface area contributed by atoms with Crippen molar-refractivity contribution >= 4 is 17.3 Å². The number of ketones is 1. The maximum Gasteiger partial charge on any atom is 0.185 e. The highest BCUT2D eigenvalue weighted by Gasteiger charge is 2.50. The van der Waals surface area contributed by atoms with Crippen LogP contribution in [0.4, 0.5) is 0 Å². The first-order valence-corrected chi connectivity index (χ1v) is 4.89. The summed E-state index contributed by atoms with van der Waals surface area (Å²) in [5.74, 6) is 0.445. The maximum absolute atomic E-state index is 11.6. The van der Waals surface area contributed by atoms with Crippen LogP contribution < -0.4 is 0 Å². The molecule has 2 nitrogen and oxygen atoms in total. The molecule has 0 radical (unpaired) electrons. The van der Waals surface area contributed by atoms with Crippen molar-refractivity contribution in [3.8, 4) is 0 Å². The van der Waals surface area contributed by atoms with Crippen LogP contribution in [0, 0.1) is 11.3 Å². The second kappa shape index (κ2) is 2.39. The van der Waals surface area contributed by atoms with Crippen molar-refractivity contribution < 1.29 is 4.79 Å². The molecule has 0 spiro atoms. The normalized spacial score (nSPS) is 25.3. The predicted octanol–water partition coefficient (Wildman–Crippen LogP) is 2.37. The van der Waals surface area contributed by atoms with Crippen molar-refractivity contribution in [1.82, 2.24) is 4.37 Å². The molecule has 3 heteroatoms. The van der Waals surface area contributed by atoms with E-state index in [0.717, 1.165) is 6.42 Å². The Balaban J connectivity index is 2.14. The third-order valence-electron chi connectivity index (χ3n) is 2.52. The molecule has 12 heavy (non-hydrogen) atoms. The van der Waals surface area contributed by atoms with E-state index >= 15 is 0 Å². The topological polar surface area (TPSA) is 30.0 Å². The molecule has 0 saturated heterocycles. The molecule has 0 aliphatic heterocycles. The summed E-state index contributed by atoms with van der Waals surface area (Å²) in [6.45, 7) is 4.25. The van der Waals surface area contributed by atoms with Gasteiger partial charge < -0.3 is 0 Å². The highest BCUT2D eigenvalue weighted by atomic mass is 32.1. The lowest BCUT2D eigenvalue weighted by atomic mass is 10.1. The predicted molar refractivity (Wildman–Crippen MR) is 48.3 cm³/mol. The van der Waals surface area contributed by atoms with E-state index in [2.05, 4.69) is 18.2 Å². The van der Waals surface area contributed by atoms with Gasteiger partial charge in [-0.1, -0.05) is 13.8 Å². The van der Waals surface area contributed by atoms with E-state index < -0.39 is 0 Å². The van der Waals surface area contributed by atoms with Gasteiger partial charge in [-0.15, -0.1) is 0 Å². The van der Waals surface area contributed by atoms with Crippen molar-refractivity contribution in [3.63, 3.8) is 0 Å². The number of aromatic nitrogens is 1. The van der Waals surface area contributed by atoms with Gasteiger partial charge >= 0.3 is 0 Å². The minimum atomic E-state index is 0.222. The number of Topliss-reactive ketones (excluding diaryl/α,β-unsaturated/α-hetero) is 1. The van der Waals surface area contributed by atoms with Crippen LogP contribution in [0.5, 0.6) is 0 Å². The van der Waals surface area contributed by atoms with Gasteiger partial charge in [-0.2, -0.15) is 4.37 Å². The van der Waals surface area contributed by atoms with Crippen LogP contribution in [-0.2, 0) is 0 Å². The van der Waals surface area contributed by atoms with E-state index in [-0.39, 0.29) is 17.1 Å². The number of hydrogen-bond donors (Lipinski definition) is 0. The Morgan fingerprint density at radius 2 is 2.42 bits per heavy atom. The monoisotopic (exact) mass is 181 g/mol. The van der Waals surface area contributed by atoms with Crippen LogP contribution >= 0.6 is 11.5 Å². The Bertz CT molecular complexity index is 302. The van der Waals surface area contributed by atoms with Gasteiger partial charge in [0, 0.05) is 11.3 Å². The average molecular weight is 181 g/mol. The zero-order valence-corrected chi connectivity index (χ0v) is 8.02. The van der Waals surface area contributed by atoms with E-state index in [1.165, 1.54) is 11.5 Å². The zero-order chi connectivity index (χ0) is 8.77. The third kappa shape index (κ3) is 1.18. The summed E-state index contributed by atoms with van der Waals surface area (Å²) in [6.07, 6.45) is 1.02. The van der Waals surface area contributed by atoms with Gasteiger partial charge in [0.25, 0.3) is 0 Å². The number of carbonyl (C=O) groups is 1. The standard InChI is InChI=1S/C9H11NOS/c1-9(2)5-6(9)8(11)7-3-4-12-10-7/h3-4,6H,5H2,1-2H3. The Morgan fingerprint density at radius 1 is 1.75 bits per heavy atom. The fourth-order valence-corrected chi connectivity index (χ4v) is 1.95. The summed E-state index contributed by atoms with van der Waals surface area (Å²) in [4.78, 5) is 11.6. The Hall–Kier alpha value is -0.700. The van der Waals surface area contributed by atoms with Crippen LogP contribution in [0.15, 0.2) is 11.4 Å². The second-order valence-corrected chi connectivity index (χ2v) is 4.66. The van der Waals surface area contributed by atoms with E-state index in [9.17, 15) is 4.79 Å². The average Bonchev–Trinajstić information content (AvgIpc) is 2.56. The molecule has 1 heterocycles. The quantitative estimate of drug-likeness (QED) is 0.656. The maximum atomic E-state index is 11.6. The molecule has 1 aliphatic rings. The molecule has 0 aromatic carbocycles. The van der Waals surface area contributed by atoms with Gasteiger partial charge in [0.2, 0.25) is 0 Å². The zero-order valence-electron chi connectivity index (χ0n) is 7.20. The molecule has 1 atom stereocenters. The second-order valence-electron chi connectivity index (χ2n) is 3.99. The fourth-order valence-electron chi connectivity index (χ4n) is 1.43.